The van der Waals surface area contributed by atoms with Crippen molar-refractivity contribution in [3.05, 3.63) is 35.4 Å². The van der Waals surface area contributed by atoms with Gasteiger partial charge in [-0.3, -0.25) is 9.69 Å². The number of nitrogens with zero attached hydrogens (tertiary/aromatic N) is 1. The van der Waals surface area contributed by atoms with E-state index in [1.807, 2.05) is 12.1 Å². The fraction of sp³-hybridized carbons (Fsp3) is 0.588. The molecule has 0 radical (unpaired) electrons. The van der Waals surface area contributed by atoms with Crippen molar-refractivity contribution in [1.29, 1.82) is 0 Å². The second-order valence-corrected chi connectivity index (χ2v) is 5.77. The first-order valence-corrected chi connectivity index (χ1v) is 7.68. The molecule has 0 saturated carbocycles. The van der Waals surface area contributed by atoms with Crippen LogP contribution in [-0.2, 0) is 6.42 Å². The monoisotopic (exact) mass is 275 g/mol. The Morgan fingerprint density at radius 3 is 2.75 bits per heavy atom. The molecule has 1 saturated heterocycles. The molecule has 2 rings (SSSR count). The minimum absolute atomic E-state index is 0.206. The van der Waals surface area contributed by atoms with Gasteiger partial charge >= 0.3 is 0 Å². The highest BCUT2D eigenvalue weighted by Gasteiger charge is 2.23. The largest absolute Gasteiger partial charge is 0.396 e. The zero-order valence-electron chi connectivity index (χ0n) is 12.3. The number of rotatable bonds is 7. The third-order valence-corrected chi connectivity index (χ3v) is 4.09. The summed E-state index contributed by atoms with van der Waals surface area (Å²) in [5.41, 5.74) is 2.11. The summed E-state index contributed by atoms with van der Waals surface area (Å²) in [5, 5.41) is 8.96. The maximum atomic E-state index is 12.2. The molecule has 1 aromatic carbocycles. The van der Waals surface area contributed by atoms with Crippen LogP contribution in [0, 0.1) is 5.92 Å². The van der Waals surface area contributed by atoms with Crippen LogP contribution in [0.4, 0.5) is 0 Å². The van der Waals surface area contributed by atoms with Crippen LogP contribution in [0.25, 0.3) is 0 Å². The van der Waals surface area contributed by atoms with Gasteiger partial charge in [0.15, 0.2) is 5.78 Å². The van der Waals surface area contributed by atoms with E-state index in [1.165, 1.54) is 5.56 Å². The number of hydrogen-bond donors (Lipinski definition) is 1. The first-order valence-electron chi connectivity index (χ1n) is 7.68. The van der Waals surface area contributed by atoms with Gasteiger partial charge in [0.05, 0.1) is 6.54 Å². The number of likely N-dealkylation sites (tertiary alicyclic amines) is 1. The van der Waals surface area contributed by atoms with E-state index in [1.54, 1.807) is 0 Å². The van der Waals surface area contributed by atoms with E-state index in [0.717, 1.165) is 44.3 Å². The summed E-state index contributed by atoms with van der Waals surface area (Å²) in [6, 6.07) is 8.04. The number of carbonyl (C=O) groups excluding carboxylic acids is 1. The Labute approximate surface area is 121 Å². The van der Waals surface area contributed by atoms with Crippen molar-refractivity contribution in [3.63, 3.8) is 0 Å². The Morgan fingerprint density at radius 1 is 1.35 bits per heavy atom. The zero-order chi connectivity index (χ0) is 14.4. The van der Waals surface area contributed by atoms with E-state index in [4.69, 9.17) is 5.11 Å². The predicted octanol–water partition coefficient (Wildman–Crippen LogP) is 2.53. The van der Waals surface area contributed by atoms with Crippen LogP contribution in [-0.4, -0.2) is 42.0 Å². The van der Waals surface area contributed by atoms with Crippen LogP contribution in [0.2, 0.25) is 0 Å². The van der Waals surface area contributed by atoms with Crippen molar-refractivity contribution < 1.29 is 9.90 Å². The van der Waals surface area contributed by atoms with Gasteiger partial charge in [0.25, 0.3) is 0 Å². The highest BCUT2D eigenvalue weighted by molar-refractivity contribution is 5.97. The molecule has 3 nitrogen and oxygen atoms in total. The second kappa shape index (κ2) is 7.55. The minimum Gasteiger partial charge on any atom is -0.396 e. The number of aryl methyl sites for hydroxylation is 1. The van der Waals surface area contributed by atoms with Crippen molar-refractivity contribution in [3.8, 4) is 0 Å². The lowest BCUT2D eigenvalue weighted by Crippen LogP contribution is -2.28. The summed E-state index contributed by atoms with van der Waals surface area (Å²) < 4.78 is 0. The molecular weight excluding hydrogens is 250 g/mol. The van der Waals surface area contributed by atoms with Crippen LogP contribution < -0.4 is 0 Å². The van der Waals surface area contributed by atoms with Gasteiger partial charge in [-0.25, -0.2) is 0 Å². The molecule has 0 spiro atoms. The summed E-state index contributed by atoms with van der Waals surface area (Å²) in [5.74, 6) is 0.762. The quantitative estimate of drug-likeness (QED) is 0.777. The summed E-state index contributed by atoms with van der Waals surface area (Å²) in [6.07, 6.45) is 4.16. The number of aliphatic hydroxyl groups excluding tert-OH is 1. The number of hydrogen-bond acceptors (Lipinski definition) is 3. The predicted molar refractivity (Wildman–Crippen MR) is 81.0 cm³/mol. The lowest BCUT2D eigenvalue weighted by Gasteiger charge is -2.15. The molecule has 1 heterocycles. The standard InChI is InChI=1S/C17H25NO2/c1-2-3-14-4-6-16(7-5-14)17(20)13-18-10-8-15(12-18)9-11-19/h4-7,15,19H,2-3,8-13H2,1H3. The molecule has 0 aliphatic carbocycles. The number of aliphatic hydroxyl groups is 1. The second-order valence-electron chi connectivity index (χ2n) is 5.77. The topological polar surface area (TPSA) is 40.5 Å². The highest BCUT2D eigenvalue weighted by atomic mass is 16.3. The van der Waals surface area contributed by atoms with E-state index < -0.39 is 0 Å². The van der Waals surface area contributed by atoms with Crippen LogP contribution in [0.3, 0.4) is 0 Å². The molecule has 0 bridgehead atoms. The summed E-state index contributed by atoms with van der Waals surface area (Å²) in [4.78, 5) is 14.5. The summed E-state index contributed by atoms with van der Waals surface area (Å²) in [6.45, 7) is 4.85. The van der Waals surface area contributed by atoms with Crippen LogP contribution in [0.5, 0.6) is 0 Å². The SMILES string of the molecule is CCCc1ccc(C(=O)CN2CCC(CCO)C2)cc1. The number of ketones is 1. The molecule has 1 fully saturated rings. The molecule has 1 atom stereocenters. The maximum Gasteiger partial charge on any atom is 0.176 e. The first-order chi connectivity index (χ1) is 9.72. The summed E-state index contributed by atoms with van der Waals surface area (Å²) in [7, 11) is 0. The third-order valence-electron chi connectivity index (χ3n) is 4.09. The molecule has 1 unspecified atom stereocenters. The van der Waals surface area contributed by atoms with Gasteiger partial charge in [-0.2, -0.15) is 0 Å². The van der Waals surface area contributed by atoms with Crippen LogP contribution in [0.15, 0.2) is 24.3 Å². The van der Waals surface area contributed by atoms with Gasteiger partial charge in [0, 0.05) is 18.7 Å². The van der Waals surface area contributed by atoms with Gasteiger partial charge in [-0.15, -0.1) is 0 Å². The highest BCUT2D eigenvalue weighted by Crippen LogP contribution is 2.19. The average Bonchev–Trinajstić information content (AvgIpc) is 2.88. The Kier molecular flexibility index (Phi) is 5.74. The van der Waals surface area contributed by atoms with E-state index in [2.05, 4.69) is 24.0 Å². The average molecular weight is 275 g/mol. The molecule has 1 aliphatic heterocycles. The van der Waals surface area contributed by atoms with E-state index in [-0.39, 0.29) is 12.4 Å². The number of benzene rings is 1. The van der Waals surface area contributed by atoms with Gasteiger partial charge in [-0.05, 0) is 37.3 Å². The first kappa shape index (κ1) is 15.2. The Hall–Kier alpha value is -1.19. The molecule has 1 N–H and O–H groups in total. The lowest BCUT2D eigenvalue weighted by molar-refractivity contribution is 0.0942. The van der Waals surface area contributed by atoms with Crippen molar-refractivity contribution in [1.82, 2.24) is 4.90 Å². The van der Waals surface area contributed by atoms with E-state index in [9.17, 15) is 4.79 Å². The zero-order valence-corrected chi connectivity index (χ0v) is 12.3. The van der Waals surface area contributed by atoms with Gasteiger partial charge < -0.3 is 5.11 Å². The van der Waals surface area contributed by atoms with Crippen molar-refractivity contribution in [2.45, 2.75) is 32.6 Å². The molecule has 20 heavy (non-hydrogen) atoms. The van der Waals surface area contributed by atoms with E-state index in [0.29, 0.717) is 12.5 Å². The summed E-state index contributed by atoms with van der Waals surface area (Å²) >= 11 is 0. The van der Waals surface area contributed by atoms with E-state index >= 15 is 0 Å². The molecule has 1 aliphatic rings. The Morgan fingerprint density at radius 2 is 2.10 bits per heavy atom. The molecular formula is C17H25NO2. The Bertz CT molecular complexity index is 427. The molecule has 3 heteroatoms. The third kappa shape index (κ3) is 4.15. The van der Waals surface area contributed by atoms with Crippen molar-refractivity contribution >= 4 is 5.78 Å². The van der Waals surface area contributed by atoms with Crippen LogP contribution >= 0.6 is 0 Å². The molecule has 110 valence electrons. The Balaban J connectivity index is 1.85. The molecule has 0 amide bonds. The number of carbonyl (C=O) groups is 1. The normalized spacial score (nSPS) is 19.4. The lowest BCUT2D eigenvalue weighted by atomic mass is 10.0. The fourth-order valence-corrected chi connectivity index (χ4v) is 2.92. The smallest absolute Gasteiger partial charge is 0.176 e. The molecule has 0 aromatic heterocycles. The van der Waals surface area contributed by atoms with Gasteiger partial charge in [0.2, 0.25) is 0 Å². The van der Waals surface area contributed by atoms with Gasteiger partial charge in [0.1, 0.15) is 0 Å². The minimum atomic E-state index is 0.206. The van der Waals surface area contributed by atoms with Gasteiger partial charge in [-0.1, -0.05) is 37.6 Å². The molecule has 1 aromatic rings. The fourth-order valence-electron chi connectivity index (χ4n) is 2.92. The number of Topliss-reactive ketones (excluding diaryl/α,β-unsaturated/α-hetero) is 1. The van der Waals surface area contributed by atoms with Crippen LogP contribution in [0.1, 0.15) is 42.1 Å². The maximum absolute atomic E-state index is 12.2. The van der Waals surface area contributed by atoms with Crippen molar-refractivity contribution in [2.24, 2.45) is 5.92 Å². The van der Waals surface area contributed by atoms with Crippen molar-refractivity contribution in [2.75, 3.05) is 26.2 Å².